The standard InChI is InChI=1S/C30H31N7.C2H6/c1-20-17-36(18-21(2)33-20)19-22-10-12-24(13-11-22)37-29(25-9-6-16-32-28(25)31)35-27-15-14-26(34-30(27)37)23-7-4-3-5-8-23;1-2/h3-16,20-21,33H,17-19H2,1-2H3,(H2,31,32);1-2H3/t20-,21?;/m0./s1. The monoisotopic (exact) mass is 519 g/mol. The molecule has 1 aliphatic rings. The molecule has 3 aromatic heterocycles. The molecule has 5 aromatic rings. The Morgan fingerprint density at radius 3 is 2.26 bits per heavy atom. The van der Waals surface area contributed by atoms with Gasteiger partial charge >= 0.3 is 0 Å². The topological polar surface area (TPSA) is 84.9 Å². The molecule has 2 atom stereocenters. The zero-order valence-corrected chi connectivity index (χ0v) is 23.2. The van der Waals surface area contributed by atoms with E-state index in [1.165, 1.54) is 5.56 Å². The Morgan fingerprint density at radius 2 is 1.56 bits per heavy atom. The molecule has 0 aliphatic carbocycles. The highest BCUT2D eigenvalue weighted by atomic mass is 15.2. The summed E-state index contributed by atoms with van der Waals surface area (Å²) in [5, 5.41) is 3.61. The van der Waals surface area contributed by atoms with Crippen molar-refractivity contribution in [3.05, 3.63) is 90.6 Å². The third-order valence-electron chi connectivity index (χ3n) is 6.89. The van der Waals surface area contributed by atoms with E-state index in [0.29, 0.717) is 17.9 Å². The molecule has 1 fully saturated rings. The van der Waals surface area contributed by atoms with E-state index in [0.717, 1.165) is 59.1 Å². The highest BCUT2D eigenvalue weighted by Crippen LogP contribution is 2.31. The number of nitrogens with one attached hydrogen (secondary N) is 1. The summed E-state index contributed by atoms with van der Waals surface area (Å²) in [5.74, 6) is 1.18. The number of imidazole rings is 1. The molecular weight excluding hydrogens is 482 g/mol. The number of hydrogen-bond donors (Lipinski definition) is 2. The molecule has 200 valence electrons. The molecule has 0 radical (unpaired) electrons. The van der Waals surface area contributed by atoms with Crippen LogP contribution in [0.4, 0.5) is 5.82 Å². The molecule has 6 rings (SSSR count). The number of nitrogens with zero attached hydrogens (tertiary/aromatic N) is 5. The van der Waals surface area contributed by atoms with Crippen LogP contribution in [0.2, 0.25) is 0 Å². The summed E-state index contributed by atoms with van der Waals surface area (Å²) in [6, 6.07) is 27.8. The highest BCUT2D eigenvalue weighted by molar-refractivity contribution is 5.84. The van der Waals surface area contributed by atoms with Gasteiger partial charge in [0.2, 0.25) is 0 Å². The van der Waals surface area contributed by atoms with Gasteiger partial charge < -0.3 is 11.1 Å². The largest absolute Gasteiger partial charge is 0.383 e. The van der Waals surface area contributed by atoms with Crippen molar-refractivity contribution < 1.29 is 0 Å². The quantitative estimate of drug-likeness (QED) is 0.299. The number of pyridine rings is 2. The van der Waals surface area contributed by atoms with E-state index < -0.39 is 0 Å². The minimum atomic E-state index is 0.445. The lowest BCUT2D eigenvalue weighted by Gasteiger charge is -2.36. The van der Waals surface area contributed by atoms with Crippen molar-refractivity contribution in [1.29, 1.82) is 0 Å². The van der Waals surface area contributed by atoms with Crippen molar-refractivity contribution in [3.63, 3.8) is 0 Å². The normalized spacial score (nSPS) is 17.5. The number of piperazine rings is 1. The van der Waals surface area contributed by atoms with Crippen LogP contribution in [0, 0.1) is 0 Å². The number of anilines is 1. The van der Waals surface area contributed by atoms with E-state index >= 15 is 0 Å². The van der Waals surface area contributed by atoms with Gasteiger partial charge in [-0.3, -0.25) is 9.47 Å². The first-order chi connectivity index (χ1) is 19.0. The number of nitrogen functional groups attached to an aromatic ring is 1. The molecule has 4 heterocycles. The second-order valence-corrected chi connectivity index (χ2v) is 9.94. The average molecular weight is 520 g/mol. The smallest absolute Gasteiger partial charge is 0.165 e. The van der Waals surface area contributed by atoms with Gasteiger partial charge in [0.1, 0.15) is 11.3 Å². The minimum absolute atomic E-state index is 0.445. The van der Waals surface area contributed by atoms with Crippen LogP contribution in [0.15, 0.2) is 85.1 Å². The zero-order chi connectivity index (χ0) is 27.4. The fourth-order valence-electron chi connectivity index (χ4n) is 5.34. The Labute approximate surface area is 230 Å². The van der Waals surface area contributed by atoms with E-state index in [1.807, 2.05) is 56.3 Å². The second-order valence-electron chi connectivity index (χ2n) is 9.94. The summed E-state index contributed by atoms with van der Waals surface area (Å²) in [6.07, 6.45) is 1.70. The molecule has 0 bridgehead atoms. The van der Waals surface area contributed by atoms with Gasteiger partial charge in [0.15, 0.2) is 11.5 Å². The van der Waals surface area contributed by atoms with Gasteiger partial charge in [-0.1, -0.05) is 56.3 Å². The van der Waals surface area contributed by atoms with E-state index in [-0.39, 0.29) is 0 Å². The number of aromatic nitrogens is 4. The summed E-state index contributed by atoms with van der Waals surface area (Å²) >= 11 is 0. The van der Waals surface area contributed by atoms with Gasteiger partial charge in [0, 0.05) is 49.2 Å². The van der Waals surface area contributed by atoms with Crippen molar-refractivity contribution in [2.24, 2.45) is 0 Å². The van der Waals surface area contributed by atoms with Crippen LogP contribution in [0.25, 0.3) is 39.5 Å². The first-order valence-corrected chi connectivity index (χ1v) is 13.8. The molecule has 7 heteroatoms. The predicted molar refractivity (Wildman–Crippen MR) is 161 cm³/mol. The summed E-state index contributed by atoms with van der Waals surface area (Å²) in [6.45, 7) is 11.5. The summed E-state index contributed by atoms with van der Waals surface area (Å²) in [5.41, 5.74) is 12.9. The van der Waals surface area contributed by atoms with Crippen molar-refractivity contribution in [1.82, 2.24) is 29.7 Å². The second kappa shape index (κ2) is 11.8. The zero-order valence-electron chi connectivity index (χ0n) is 23.2. The van der Waals surface area contributed by atoms with Crippen molar-refractivity contribution in [3.8, 4) is 28.3 Å². The fraction of sp³-hybridized carbons (Fsp3) is 0.281. The highest BCUT2D eigenvalue weighted by Gasteiger charge is 2.22. The van der Waals surface area contributed by atoms with Gasteiger partial charge in [0.05, 0.1) is 11.3 Å². The number of hydrogen-bond acceptors (Lipinski definition) is 6. The molecule has 1 saturated heterocycles. The van der Waals surface area contributed by atoms with Crippen molar-refractivity contribution in [2.75, 3.05) is 18.8 Å². The van der Waals surface area contributed by atoms with Gasteiger partial charge in [-0.25, -0.2) is 15.0 Å². The van der Waals surface area contributed by atoms with Crippen LogP contribution < -0.4 is 11.1 Å². The fourth-order valence-corrected chi connectivity index (χ4v) is 5.34. The first-order valence-electron chi connectivity index (χ1n) is 13.8. The number of rotatable bonds is 5. The summed E-state index contributed by atoms with van der Waals surface area (Å²) < 4.78 is 2.09. The molecular formula is C32H37N7. The van der Waals surface area contributed by atoms with E-state index in [1.54, 1.807) is 6.20 Å². The molecule has 39 heavy (non-hydrogen) atoms. The number of fused-ring (bicyclic) bond motifs is 1. The molecule has 7 nitrogen and oxygen atoms in total. The average Bonchev–Trinajstić information content (AvgIpc) is 3.33. The molecule has 0 amide bonds. The Kier molecular flexibility index (Phi) is 8.00. The lowest BCUT2D eigenvalue weighted by atomic mass is 10.1. The molecule has 0 saturated carbocycles. The van der Waals surface area contributed by atoms with E-state index in [9.17, 15) is 0 Å². The predicted octanol–water partition coefficient (Wildman–Crippen LogP) is 5.94. The maximum atomic E-state index is 6.30. The Balaban J connectivity index is 0.00000151. The maximum absolute atomic E-state index is 6.30. The van der Waals surface area contributed by atoms with Crippen LogP contribution in [0.5, 0.6) is 0 Å². The van der Waals surface area contributed by atoms with Gasteiger partial charge in [-0.2, -0.15) is 0 Å². The third kappa shape index (κ3) is 5.70. The lowest BCUT2D eigenvalue weighted by molar-refractivity contribution is 0.166. The van der Waals surface area contributed by atoms with Crippen LogP contribution in [-0.2, 0) is 6.54 Å². The van der Waals surface area contributed by atoms with Crippen molar-refractivity contribution in [2.45, 2.75) is 46.3 Å². The first kappa shape index (κ1) is 26.5. The molecule has 1 unspecified atom stereocenters. The van der Waals surface area contributed by atoms with Gasteiger partial charge in [-0.05, 0) is 55.8 Å². The molecule has 0 spiro atoms. The number of benzene rings is 2. The third-order valence-corrected chi connectivity index (χ3v) is 6.89. The lowest BCUT2D eigenvalue weighted by Crippen LogP contribution is -2.53. The van der Waals surface area contributed by atoms with Gasteiger partial charge in [0.25, 0.3) is 0 Å². The molecule has 1 aliphatic heterocycles. The van der Waals surface area contributed by atoms with Crippen molar-refractivity contribution >= 4 is 17.0 Å². The van der Waals surface area contributed by atoms with Crippen LogP contribution >= 0.6 is 0 Å². The van der Waals surface area contributed by atoms with Crippen LogP contribution in [-0.4, -0.2) is 49.6 Å². The number of nitrogens with two attached hydrogens (primary N) is 1. The SMILES string of the molecule is CC.CC1CN(Cc2ccc(-n3c(-c4cccnc4N)nc4ccc(-c5ccccc5)nc43)cc2)C[C@H](C)N1. The molecule has 3 N–H and O–H groups in total. The Morgan fingerprint density at radius 1 is 0.846 bits per heavy atom. The Hall–Kier alpha value is -4.07. The summed E-state index contributed by atoms with van der Waals surface area (Å²) in [7, 11) is 0. The van der Waals surface area contributed by atoms with Gasteiger partial charge in [-0.15, -0.1) is 0 Å². The summed E-state index contributed by atoms with van der Waals surface area (Å²) in [4.78, 5) is 16.8. The van der Waals surface area contributed by atoms with Crippen LogP contribution in [0.3, 0.4) is 0 Å². The van der Waals surface area contributed by atoms with E-state index in [2.05, 4.69) is 70.0 Å². The minimum Gasteiger partial charge on any atom is -0.383 e. The van der Waals surface area contributed by atoms with E-state index in [4.69, 9.17) is 15.7 Å². The molecule has 2 aromatic carbocycles. The Bertz CT molecular complexity index is 1520. The maximum Gasteiger partial charge on any atom is 0.165 e. The van der Waals surface area contributed by atoms with Crippen LogP contribution in [0.1, 0.15) is 33.3 Å².